The molecule has 3 aromatic rings. The van der Waals surface area contributed by atoms with Crippen molar-refractivity contribution in [3.8, 4) is 21.9 Å². The minimum Gasteiger partial charge on any atom is -0.493 e. The van der Waals surface area contributed by atoms with Crippen LogP contribution in [0.4, 0.5) is 10.8 Å². The van der Waals surface area contributed by atoms with Crippen LogP contribution in [0.25, 0.3) is 10.4 Å². The van der Waals surface area contributed by atoms with Crippen molar-refractivity contribution in [1.82, 2.24) is 4.98 Å². The van der Waals surface area contributed by atoms with Crippen LogP contribution in [0.15, 0.2) is 41.3 Å². The average molecular weight is 488 g/mol. The summed E-state index contributed by atoms with van der Waals surface area (Å²) in [5.41, 5.74) is 3.39. The van der Waals surface area contributed by atoms with Gasteiger partial charge in [0, 0.05) is 19.5 Å². The predicted molar refractivity (Wildman–Crippen MR) is 129 cm³/mol. The highest BCUT2D eigenvalue weighted by atomic mass is 32.2. The number of benzene rings is 2. The standard InChI is InChI=1S/C23H25N3O5S2/c1-14-22(32-23(24-14)25-15(2)27)17-7-9-19-16(12-17)6-5-11-26(19)33(28,29)18-8-10-20(30-3)21(13-18)31-4/h7-10,12-13H,5-6,11H2,1-4H3,(H,24,25,27). The second-order valence-electron chi connectivity index (χ2n) is 7.66. The van der Waals surface area contributed by atoms with Gasteiger partial charge in [-0.15, -0.1) is 0 Å². The first-order chi connectivity index (χ1) is 15.7. The molecule has 0 atom stereocenters. The van der Waals surface area contributed by atoms with Crippen molar-refractivity contribution in [3.63, 3.8) is 0 Å². The van der Waals surface area contributed by atoms with Gasteiger partial charge in [0.2, 0.25) is 5.91 Å². The van der Waals surface area contributed by atoms with Crippen LogP contribution in [-0.4, -0.2) is 40.1 Å². The molecule has 0 bridgehead atoms. The molecule has 0 saturated heterocycles. The fraction of sp³-hybridized carbons (Fsp3) is 0.304. The summed E-state index contributed by atoms with van der Waals surface area (Å²) in [6, 6.07) is 10.4. The summed E-state index contributed by atoms with van der Waals surface area (Å²) in [6.45, 7) is 3.74. The van der Waals surface area contributed by atoms with Crippen molar-refractivity contribution in [3.05, 3.63) is 47.7 Å². The molecule has 174 valence electrons. The second kappa shape index (κ2) is 9.03. The highest BCUT2D eigenvalue weighted by Crippen LogP contribution is 2.39. The number of carbonyl (C=O) groups excluding carboxylic acids is 1. The molecular formula is C23H25N3O5S2. The number of thiazole rings is 1. The van der Waals surface area contributed by atoms with E-state index >= 15 is 0 Å². The molecule has 0 spiro atoms. The quantitative estimate of drug-likeness (QED) is 0.559. The Labute approximate surface area is 197 Å². The van der Waals surface area contributed by atoms with E-state index in [0.717, 1.165) is 28.1 Å². The van der Waals surface area contributed by atoms with E-state index in [9.17, 15) is 13.2 Å². The zero-order valence-corrected chi connectivity index (χ0v) is 20.5. The molecule has 1 aliphatic heterocycles. The Balaban J connectivity index is 1.71. The number of hydrogen-bond acceptors (Lipinski definition) is 7. The number of nitrogens with zero attached hydrogens (tertiary/aromatic N) is 2. The Morgan fingerprint density at radius 2 is 1.88 bits per heavy atom. The molecule has 2 aromatic carbocycles. The van der Waals surface area contributed by atoms with Crippen LogP contribution >= 0.6 is 11.3 Å². The Kier molecular flexibility index (Phi) is 6.31. The third-order valence-corrected chi connectivity index (χ3v) is 8.37. The molecule has 8 nitrogen and oxygen atoms in total. The maximum atomic E-state index is 13.5. The smallest absolute Gasteiger partial charge is 0.264 e. The lowest BCUT2D eigenvalue weighted by molar-refractivity contribution is -0.114. The van der Waals surface area contributed by atoms with Gasteiger partial charge >= 0.3 is 0 Å². The molecule has 0 aliphatic carbocycles. The SMILES string of the molecule is COc1ccc(S(=O)(=O)N2CCCc3cc(-c4sc(NC(C)=O)nc4C)ccc32)cc1OC. The van der Waals surface area contributed by atoms with Gasteiger partial charge in [-0.3, -0.25) is 9.10 Å². The van der Waals surface area contributed by atoms with Crippen LogP contribution in [0.2, 0.25) is 0 Å². The minimum absolute atomic E-state index is 0.148. The van der Waals surface area contributed by atoms with E-state index in [0.29, 0.717) is 35.3 Å². The number of anilines is 2. The van der Waals surface area contributed by atoms with E-state index in [2.05, 4.69) is 10.3 Å². The van der Waals surface area contributed by atoms with E-state index in [-0.39, 0.29) is 10.8 Å². The monoisotopic (exact) mass is 487 g/mol. The van der Waals surface area contributed by atoms with Crippen molar-refractivity contribution in [1.29, 1.82) is 0 Å². The van der Waals surface area contributed by atoms with Crippen LogP contribution in [0.1, 0.15) is 24.6 Å². The summed E-state index contributed by atoms with van der Waals surface area (Å²) in [5.74, 6) is 0.664. The Hall–Kier alpha value is -3.11. The summed E-state index contributed by atoms with van der Waals surface area (Å²) in [4.78, 5) is 16.9. The number of sulfonamides is 1. The fourth-order valence-electron chi connectivity index (χ4n) is 3.93. The molecule has 0 saturated carbocycles. The number of hydrogen-bond donors (Lipinski definition) is 1. The molecule has 1 N–H and O–H groups in total. The summed E-state index contributed by atoms with van der Waals surface area (Å²) < 4.78 is 39.0. The van der Waals surface area contributed by atoms with Crippen molar-refractivity contribution in [2.75, 3.05) is 30.4 Å². The number of amides is 1. The zero-order chi connectivity index (χ0) is 23.8. The van der Waals surface area contributed by atoms with Crippen LogP contribution in [0.5, 0.6) is 11.5 Å². The lowest BCUT2D eigenvalue weighted by Crippen LogP contribution is -2.35. The largest absolute Gasteiger partial charge is 0.493 e. The number of fused-ring (bicyclic) bond motifs is 1. The van der Waals surface area contributed by atoms with Gasteiger partial charge in [0.1, 0.15) is 0 Å². The Bertz CT molecular complexity index is 1320. The molecule has 0 unspecified atom stereocenters. The summed E-state index contributed by atoms with van der Waals surface area (Å²) in [7, 11) is -0.802. The van der Waals surface area contributed by atoms with Crippen molar-refractivity contribution in [2.24, 2.45) is 0 Å². The first-order valence-corrected chi connectivity index (χ1v) is 12.6. The third-order valence-electron chi connectivity index (χ3n) is 5.44. The average Bonchev–Trinajstić information content (AvgIpc) is 3.16. The molecule has 1 aliphatic rings. The minimum atomic E-state index is -3.79. The lowest BCUT2D eigenvalue weighted by Gasteiger charge is -2.31. The van der Waals surface area contributed by atoms with E-state index in [1.54, 1.807) is 6.07 Å². The van der Waals surface area contributed by atoms with Gasteiger partial charge in [0.25, 0.3) is 10.0 Å². The maximum Gasteiger partial charge on any atom is 0.264 e. The predicted octanol–water partition coefficient (Wildman–Crippen LogP) is 4.24. The van der Waals surface area contributed by atoms with Gasteiger partial charge in [-0.05, 0) is 55.2 Å². The van der Waals surface area contributed by atoms with Crippen LogP contribution < -0.4 is 19.1 Å². The van der Waals surface area contributed by atoms with Crippen LogP contribution in [0.3, 0.4) is 0 Å². The Morgan fingerprint density at radius 1 is 1.12 bits per heavy atom. The topological polar surface area (TPSA) is 97.8 Å². The number of methoxy groups -OCH3 is 2. The Morgan fingerprint density at radius 3 is 2.58 bits per heavy atom. The van der Waals surface area contributed by atoms with Gasteiger partial charge in [-0.1, -0.05) is 17.4 Å². The molecule has 1 aromatic heterocycles. The molecule has 0 fully saturated rings. The van der Waals surface area contributed by atoms with Gasteiger partial charge in [-0.2, -0.15) is 0 Å². The third kappa shape index (κ3) is 4.40. The fourth-order valence-corrected chi connectivity index (χ4v) is 6.49. The van der Waals surface area contributed by atoms with Gasteiger partial charge in [0.05, 0.1) is 35.4 Å². The molecule has 2 heterocycles. The molecule has 33 heavy (non-hydrogen) atoms. The number of aromatic nitrogens is 1. The van der Waals surface area contributed by atoms with E-state index in [1.165, 1.54) is 48.9 Å². The van der Waals surface area contributed by atoms with E-state index < -0.39 is 10.0 Å². The molecule has 4 rings (SSSR count). The number of nitrogens with one attached hydrogen (secondary N) is 1. The highest BCUT2D eigenvalue weighted by molar-refractivity contribution is 7.92. The first kappa shape index (κ1) is 23.1. The van der Waals surface area contributed by atoms with Gasteiger partial charge in [0.15, 0.2) is 16.6 Å². The molecule has 0 radical (unpaired) electrons. The van der Waals surface area contributed by atoms with Crippen molar-refractivity contribution in [2.45, 2.75) is 31.6 Å². The number of rotatable bonds is 6. The molecular weight excluding hydrogens is 462 g/mol. The lowest BCUT2D eigenvalue weighted by atomic mass is 10.00. The molecule has 1 amide bonds. The maximum absolute atomic E-state index is 13.5. The number of ether oxygens (including phenoxy) is 2. The molecule has 10 heteroatoms. The van der Waals surface area contributed by atoms with Gasteiger partial charge < -0.3 is 14.8 Å². The summed E-state index contributed by atoms with van der Waals surface area (Å²) in [6.07, 6.45) is 1.49. The second-order valence-corrected chi connectivity index (χ2v) is 10.5. The van der Waals surface area contributed by atoms with Crippen LogP contribution in [0, 0.1) is 6.92 Å². The van der Waals surface area contributed by atoms with E-state index in [1.807, 2.05) is 25.1 Å². The highest BCUT2D eigenvalue weighted by Gasteiger charge is 2.30. The van der Waals surface area contributed by atoms with Crippen LogP contribution in [-0.2, 0) is 21.2 Å². The van der Waals surface area contributed by atoms with Crippen molar-refractivity contribution >= 4 is 38.1 Å². The zero-order valence-electron chi connectivity index (χ0n) is 18.8. The number of carbonyl (C=O) groups is 1. The normalized spacial score (nSPS) is 13.4. The number of aryl methyl sites for hydroxylation is 2. The summed E-state index contributed by atoms with van der Waals surface area (Å²) in [5, 5.41) is 3.27. The van der Waals surface area contributed by atoms with Gasteiger partial charge in [-0.25, -0.2) is 13.4 Å². The van der Waals surface area contributed by atoms with Crippen molar-refractivity contribution < 1.29 is 22.7 Å². The van der Waals surface area contributed by atoms with E-state index in [4.69, 9.17) is 9.47 Å². The summed E-state index contributed by atoms with van der Waals surface area (Å²) >= 11 is 1.40. The first-order valence-electron chi connectivity index (χ1n) is 10.4.